The van der Waals surface area contributed by atoms with Gasteiger partial charge >= 0.3 is 0 Å². The fraction of sp³-hybridized carbons (Fsp3) is 0.750. The van der Waals surface area contributed by atoms with Crippen LogP contribution in [-0.2, 0) is 0 Å². The van der Waals surface area contributed by atoms with E-state index in [2.05, 4.69) is 13.8 Å². The van der Waals surface area contributed by atoms with Crippen molar-refractivity contribution in [3.8, 4) is 0 Å². The Labute approximate surface area is 164 Å². The summed E-state index contributed by atoms with van der Waals surface area (Å²) < 4.78 is 1.07. The highest BCUT2D eigenvalue weighted by atomic mass is 35.5. The summed E-state index contributed by atoms with van der Waals surface area (Å²) in [5, 5.41) is 0.741. The number of thioether (sulfide) groups is 2. The first-order chi connectivity index (χ1) is 10.5. The molecule has 0 radical (unpaired) electrons. The number of unbranched alkanes of at least 4 members (excludes halogenated alkanes) is 6. The zero-order valence-corrected chi connectivity index (χ0v) is 18.1. The van der Waals surface area contributed by atoms with Crippen LogP contribution in [0.1, 0.15) is 65.2 Å². The predicted octanol–water partition coefficient (Wildman–Crippen LogP) is 8.91. The topological polar surface area (TPSA) is 0 Å². The Hall–Kier alpha value is 1.34. The summed E-state index contributed by atoms with van der Waals surface area (Å²) in [4.78, 5) is 0. The number of hydrogen-bond acceptors (Lipinski definition) is 2. The Morgan fingerprint density at radius 2 is 0.955 bits per heavy atom. The van der Waals surface area contributed by atoms with E-state index in [1.54, 1.807) is 23.5 Å². The normalized spacial score (nSPS) is 13.9. The van der Waals surface area contributed by atoms with Gasteiger partial charge in [0, 0.05) is 0 Å². The monoisotopic (exact) mass is 422 g/mol. The second-order valence-corrected chi connectivity index (χ2v) is 9.16. The molecule has 0 bridgehead atoms. The maximum Gasteiger partial charge on any atom is 0.0937 e. The molecule has 0 unspecified atom stereocenters. The van der Waals surface area contributed by atoms with Gasteiger partial charge in [0.15, 0.2) is 0 Å². The van der Waals surface area contributed by atoms with Gasteiger partial charge in [-0.15, -0.1) is 23.5 Å². The predicted molar refractivity (Wildman–Crippen MR) is 111 cm³/mol. The van der Waals surface area contributed by atoms with E-state index < -0.39 is 0 Å². The van der Waals surface area contributed by atoms with Gasteiger partial charge in [0.2, 0.25) is 0 Å². The number of halogens is 4. The van der Waals surface area contributed by atoms with E-state index in [0.29, 0.717) is 18.8 Å². The van der Waals surface area contributed by atoms with Crippen LogP contribution in [0.2, 0.25) is 0 Å². The molecule has 0 rings (SSSR count). The molecule has 0 amide bonds. The van der Waals surface area contributed by atoms with Crippen molar-refractivity contribution < 1.29 is 0 Å². The largest absolute Gasteiger partial charge is 0.112 e. The highest BCUT2D eigenvalue weighted by molar-refractivity contribution is 8.05. The molecule has 0 aromatic heterocycles. The van der Waals surface area contributed by atoms with Crippen molar-refractivity contribution in [3.05, 3.63) is 18.8 Å². The van der Waals surface area contributed by atoms with E-state index in [0.717, 1.165) is 24.3 Å². The van der Waals surface area contributed by atoms with E-state index in [9.17, 15) is 0 Å². The van der Waals surface area contributed by atoms with E-state index in [4.69, 9.17) is 46.4 Å². The Balaban J connectivity index is 4.23. The van der Waals surface area contributed by atoms with Crippen LogP contribution in [0.4, 0.5) is 0 Å². The molecule has 22 heavy (non-hydrogen) atoms. The number of allylic oxidation sites excluding steroid dienone is 2. The van der Waals surface area contributed by atoms with Gasteiger partial charge in [0.05, 0.1) is 18.8 Å². The first kappa shape index (κ1) is 23.3. The van der Waals surface area contributed by atoms with E-state index in [1.165, 1.54) is 38.5 Å². The van der Waals surface area contributed by atoms with Crippen LogP contribution >= 0.6 is 69.9 Å². The molecule has 0 heterocycles. The summed E-state index contributed by atoms with van der Waals surface area (Å²) in [5.41, 5.74) is 0. The minimum atomic E-state index is 0.370. The Kier molecular flexibility index (Phi) is 16.8. The maximum atomic E-state index is 6.22. The molecule has 0 aliphatic carbocycles. The minimum absolute atomic E-state index is 0.370. The Morgan fingerprint density at radius 1 is 0.591 bits per heavy atom. The second-order valence-electron chi connectivity index (χ2n) is 4.99. The lowest BCUT2D eigenvalue weighted by atomic mass is 10.2. The first-order valence-electron chi connectivity index (χ1n) is 7.91. The third kappa shape index (κ3) is 11.8. The molecule has 0 aromatic carbocycles. The van der Waals surface area contributed by atoms with Crippen LogP contribution < -0.4 is 0 Å². The fourth-order valence-corrected chi connectivity index (χ4v) is 4.57. The van der Waals surface area contributed by atoms with Gasteiger partial charge in [-0.2, -0.15) is 0 Å². The van der Waals surface area contributed by atoms with Gasteiger partial charge in [0.1, 0.15) is 0 Å². The van der Waals surface area contributed by atoms with E-state index in [1.807, 2.05) is 0 Å². The van der Waals surface area contributed by atoms with Crippen molar-refractivity contribution in [2.24, 2.45) is 0 Å². The lowest BCUT2D eigenvalue weighted by Crippen LogP contribution is -1.85. The Bertz CT molecular complexity index is 320. The quantitative estimate of drug-likeness (QED) is 0.214. The summed E-state index contributed by atoms with van der Waals surface area (Å²) >= 11 is 27.9. The molecular weight excluding hydrogens is 398 g/mol. The minimum Gasteiger partial charge on any atom is -0.112 e. The molecule has 0 aliphatic heterocycles. The molecule has 6 heteroatoms. The molecule has 0 fully saturated rings. The number of rotatable bonds is 13. The molecule has 0 atom stereocenters. The van der Waals surface area contributed by atoms with Crippen molar-refractivity contribution in [3.63, 3.8) is 0 Å². The third-order valence-electron chi connectivity index (χ3n) is 2.99. The van der Waals surface area contributed by atoms with Gasteiger partial charge in [-0.25, -0.2) is 0 Å². The van der Waals surface area contributed by atoms with Crippen LogP contribution in [0, 0.1) is 0 Å². The summed E-state index contributed by atoms with van der Waals surface area (Å²) in [5.74, 6) is 1.92. The standard InChI is InChI=1S/C16H26Cl4S2/c1-3-5-7-9-11-21-15(19)13(17)14(18)16(20)22-12-10-8-6-4-2/h3-12H2,1-2H3/b15-13-,16-14-. The first-order valence-corrected chi connectivity index (χ1v) is 11.4. The van der Waals surface area contributed by atoms with Crippen molar-refractivity contribution in [2.75, 3.05) is 11.5 Å². The third-order valence-corrected chi connectivity index (χ3v) is 7.19. The van der Waals surface area contributed by atoms with Crippen molar-refractivity contribution >= 4 is 69.9 Å². The highest BCUT2D eigenvalue weighted by Gasteiger charge is 2.11. The van der Waals surface area contributed by atoms with Crippen molar-refractivity contribution in [1.29, 1.82) is 0 Å². The van der Waals surface area contributed by atoms with Gasteiger partial charge in [-0.3, -0.25) is 0 Å². The van der Waals surface area contributed by atoms with Gasteiger partial charge in [-0.05, 0) is 24.3 Å². The van der Waals surface area contributed by atoms with Crippen LogP contribution in [0.5, 0.6) is 0 Å². The van der Waals surface area contributed by atoms with E-state index in [-0.39, 0.29) is 0 Å². The summed E-state index contributed by atoms with van der Waals surface area (Å²) in [7, 11) is 0. The fourth-order valence-electron chi connectivity index (χ4n) is 1.68. The molecule has 0 saturated carbocycles. The maximum absolute atomic E-state index is 6.22. The van der Waals surface area contributed by atoms with Crippen molar-refractivity contribution in [2.45, 2.75) is 65.2 Å². The molecule has 0 aromatic rings. The molecule has 130 valence electrons. The zero-order chi connectivity index (χ0) is 16.8. The number of hydrogen-bond donors (Lipinski definition) is 0. The molecular formula is C16H26Cl4S2. The average molecular weight is 424 g/mol. The molecule has 0 N–H and O–H groups in total. The summed E-state index contributed by atoms with van der Waals surface area (Å²) in [6.45, 7) is 4.40. The van der Waals surface area contributed by atoms with Gasteiger partial charge in [-0.1, -0.05) is 98.8 Å². The van der Waals surface area contributed by atoms with Crippen LogP contribution in [0.3, 0.4) is 0 Å². The molecule has 0 saturated heterocycles. The average Bonchev–Trinajstić information content (AvgIpc) is 2.52. The van der Waals surface area contributed by atoms with E-state index >= 15 is 0 Å². The SMILES string of the molecule is CCCCCCS/C(Cl)=C(Cl)/C(Cl)=C(\Cl)SCCCCCC. The molecule has 0 aliphatic rings. The van der Waals surface area contributed by atoms with Gasteiger partial charge < -0.3 is 0 Å². The van der Waals surface area contributed by atoms with Crippen LogP contribution in [-0.4, -0.2) is 11.5 Å². The summed E-state index contributed by atoms with van der Waals surface area (Å²) in [6, 6.07) is 0. The van der Waals surface area contributed by atoms with Gasteiger partial charge in [0.25, 0.3) is 0 Å². The molecule has 0 spiro atoms. The highest BCUT2D eigenvalue weighted by Crippen LogP contribution is 2.38. The lowest BCUT2D eigenvalue weighted by Gasteiger charge is -2.06. The summed E-state index contributed by atoms with van der Waals surface area (Å²) in [6.07, 6.45) is 9.71. The van der Waals surface area contributed by atoms with Crippen LogP contribution in [0.15, 0.2) is 18.8 Å². The Morgan fingerprint density at radius 3 is 1.27 bits per heavy atom. The molecule has 0 nitrogen and oxygen atoms in total. The zero-order valence-electron chi connectivity index (χ0n) is 13.4. The smallest absolute Gasteiger partial charge is 0.0937 e. The second kappa shape index (κ2) is 15.8. The van der Waals surface area contributed by atoms with Crippen LogP contribution in [0.25, 0.3) is 0 Å². The lowest BCUT2D eigenvalue weighted by molar-refractivity contribution is 0.707. The van der Waals surface area contributed by atoms with Crippen molar-refractivity contribution in [1.82, 2.24) is 0 Å².